The van der Waals surface area contributed by atoms with Gasteiger partial charge in [-0.1, -0.05) is 43.0 Å². The molecular weight excluding hydrogens is 512 g/mol. The van der Waals surface area contributed by atoms with E-state index in [1.165, 1.54) is 32.1 Å². The highest BCUT2D eigenvalue weighted by Gasteiger charge is 2.44. The molecule has 1 saturated heterocycles. The van der Waals surface area contributed by atoms with Crippen molar-refractivity contribution < 1.29 is 9.59 Å². The fourth-order valence-electron chi connectivity index (χ4n) is 7.34. The Kier molecular flexibility index (Phi) is 9.23. The van der Waals surface area contributed by atoms with E-state index < -0.39 is 0 Å². The lowest BCUT2D eigenvalue weighted by molar-refractivity contribution is -0.137. The van der Waals surface area contributed by atoms with Crippen LogP contribution in [-0.4, -0.2) is 56.7 Å². The smallest absolute Gasteiger partial charge is 0.240 e. The first-order valence-corrected chi connectivity index (χ1v) is 15.2. The number of primary amides is 1. The first kappa shape index (κ1) is 28.1. The monoisotopic (exact) mass is 554 g/mol. The number of nitrogens with zero attached hydrogens (tertiary/aromatic N) is 4. The van der Waals surface area contributed by atoms with E-state index in [-0.39, 0.29) is 35.2 Å². The van der Waals surface area contributed by atoms with E-state index in [2.05, 4.69) is 20.3 Å². The number of amides is 2. The predicted octanol–water partition coefficient (Wildman–Crippen LogP) is 4.37. The van der Waals surface area contributed by atoms with Crippen molar-refractivity contribution in [3.05, 3.63) is 47.5 Å². The Labute approximate surface area is 237 Å². The van der Waals surface area contributed by atoms with Crippen LogP contribution in [-0.2, 0) is 22.6 Å². The largest absolute Gasteiger partial charge is 0.369 e. The van der Waals surface area contributed by atoms with Crippen molar-refractivity contribution in [2.75, 3.05) is 13.1 Å². The molecule has 0 unspecified atom stereocenters. The number of nitrogens with two attached hydrogens (primary N) is 1. The second-order valence-electron chi connectivity index (χ2n) is 12.1. The molecule has 8 nitrogen and oxygen atoms in total. The molecular formula is C30H43ClN6O2. The van der Waals surface area contributed by atoms with Gasteiger partial charge in [-0.2, -0.15) is 5.10 Å². The highest BCUT2D eigenvalue weighted by Crippen LogP contribution is 2.47. The molecule has 5 rings (SSSR count). The number of halogens is 1. The van der Waals surface area contributed by atoms with E-state index in [4.69, 9.17) is 17.3 Å². The van der Waals surface area contributed by atoms with Crippen LogP contribution < -0.4 is 11.1 Å². The van der Waals surface area contributed by atoms with Gasteiger partial charge in [0, 0.05) is 36.6 Å². The molecule has 2 saturated carbocycles. The Morgan fingerprint density at radius 2 is 1.72 bits per heavy atom. The topological polar surface area (TPSA) is 106 Å². The molecule has 2 heterocycles. The quantitative estimate of drug-likeness (QED) is 0.479. The maximum Gasteiger partial charge on any atom is 0.240 e. The van der Waals surface area contributed by atoms with E-state index in [1.807, 2.05) is 35.3 Å². The van der Waals surface area contributed by atoms with Crippen molar-refractivity contribution in [2.24, 2.45) is 23.0 Å². The third kappa shape index (κ3) is 7.01. The van der Waals surface area contributed by atoms with Crippen molar-refractivity contribution in [3.63, 3.8) is 0 Å². The molecule has 3 N–H and O–H groups in total. The highest BCUT2D eigenvalue weighted by molar-refractivity contribution is 6.30. The molecule has 1 aromatic carbocycles. The van der Waals surface area contributed by atoms with Crippen LogP contribution in [0.1, 0.15) is 76.2 Å². The summed E-state index contributed by atoms with van der Waals surface area (Å²) in [6.45, 7) is 2.43. The van der Waals surface area contributed by atoms with E-state index in [1.54, 1.807) is 6.33 Å². The zero-order valence-corrected chi connectivity index (χ0v) is 23.7. The van der Waals surface area contributed by atoms with Crippen LogP contribution in [0.5, 0.6) is 0 Å². The van der Waals surface area contributed by atoms with Crippen molar-refractivity contribution >= 4 is 23.4 Å². The Balaban J connectivity index is 1.28. The van der Waals surface area contributed by atoms with Gasteiger partial charge in [0.2, 0.25) is 11.8 Å². The SMILES string of the molecule is NC(=O)[C@H]1CC[C@H](N[C@H](Cc2ccc(Cl)cc2)C(=O)N2CCC(Cn3cncn3)(C3CCCCC3)CC2)CC1. The number of piperidine rings is 1. The number of hydrogen-bond acceptors (Lipinski definition) is 5. The third-order valence-electron chi connectivity index (χ3n) is 9.70. The molecule has 0 radical (unpaired) electrons. The lowest BCUT2D eigenvalue weighted by atomic mass is 9.63. The molecule has 2 aliphatic carbocycles. The minimum absolute atomic E-state index is 0.0477. The van der Waals surface area contributed by atoms with Crippen LogP contribution in [0.2, 0.25) is 5.02 Å². The van der Waals surface area contributed by atoms with Gasteiger partial charge in [0.1, 0.15) is 12.7 Å². The summed E-state index contributed by atoms with van der Waals surface area (Å²) in [4.78, 5) is 32.0. The van der Waals surface area contributed by atoms with Gasteiger partial charge in [-0.15, -0.1) is 0 Å². The molecule has 1 aliphatic heterocycles. The Morgan fingerprint density at radius 1 is 1.03 bits per heavy atom. The van der Waals surface area contributed by atoms with Crippen LogP contribution in [0.25, 0.3) is 0 Å². The minimum atomic E-state index is -0.307. The molecule has 2 aromatic rings. The van der Waals surface area contributed by atoms with Gasteiger partial charge in [0.25, 0.3) is 0 Å². The maximum absolute atomic E-state index is 14.1. The summed E-state index contributed by atoms with van der Waals surface area (Å²) in [6.07, 6.45) is 15.9. The molecule has 0 spiro atoms. The first-order chi connectivity index (χ1) is 18.9. The maximum atomic E-state index is 14.1. The highest BCUT2D eigenvalue weighted by atomic mass is 35.5. The zero-order chi connectivity index (χ0) is 27.2. The fraction of sp³-hybridized carbons (Fsp3) is 0.667. The summed E-state index contributed by atoms with van der Waals surface area (Å²) < 4.78 is 2.00. The fourth-order valence-corrected chi connectivity index (χ4v) is 7.47. The van der Waals surface area contributed by atoms with Crippen molar-refractivity contribution in [1.82, 2.24) is 25.0 Å². The number of carbonyl (C=O) groups is 2. The summed E-state index contributed by atoms with van der Waals surface area (Å²) in [5, 5.41) is 8.84. The molecule has 2 amide bonds. The van der Waals surface area contributed by atoms with E-state index >= 15 is 0 Å². The third-order valence-corrected chi connectivity index (χ3v) is 9.96. The van der Waals surface area contributed by atoms with Crippen molar-refractivity contribution in [3.8, 4) is 0 Å². The molecule has 1 atom stereocenters. The van der Waals surface area contributed by atoms with Crippen molar-refractivity contribution in [2.45, 2.75) is 95.7 Å². The molecule has 212 valence electrons. The number of hydrogen-bond donors (Lipinski definition) is 2. The summed E-state index contributed by atoms with van der Waals surface area (Å²) in [5.41, 5.74) is 6.81. The summed E-state index contributed by atoms with van der Waals surface area (Å²) in [5.74, 6) is 0.604. The van der Waals surface area contributed by atoms with Gasteiger partial charge in [0.05, 0.1) is 6.04 Å². The van der Waals surface area contributed by atoms with Gasteiger partial charge in [0.15, 0.2) is 0 Å². The number of rotatable bonds is 9. The standard InChI is InChI=1S/C30H43ClN6O2/c31-25-10-6-22(7-11-25)18-27(35-26-12-8-23(9-13-26)28(32)38)29(39)36-16-14-30(15-17-36,19-37-21-33-20-34-37)24-4-2-1-3-5-24/h6-7,10-11,20-21,23-24,26-27,35H,1-5,8-9,12-19H2,(H2,32,38)/t23-,26-,27-/m1/s1. The first-order valence-electron chi connectivity index (χ1n) is 14.8. The van der Waals surface area contributed by atoms with Crippen LogP contribution in [0, 0.1) is 17.3 Å². The van der Waals surface area contributed by atoms with Crippen LogP contribution in [0.15, 0.2) is 36.9 Å². The molecule has 9 heteroatoms. The summed E-state index contributed by atoms with van der Waals surface area (Å²) in [7, 11) is 0. The number of aromatic nitrogens is 3. The van der Waals surface area contributed by atoms with E-state index in [0.29, 0.717) is 17.4 Å². The molecule has 3 fully saturated rings. The molecule has 39 heavy (non-hydrogen) atoms. The summed E-state index contributed by atoms with van der Waals surface area (Å²) >= 11 is 6.13. The number of benzene rings is 1. The minimum Gasteiger partial charge on any atom is -0.369 e. The average Bonchev–Trinajstić information content (AvgIpc) is 3.47. The van der Waals surface area contributed by atoms with Gasteiger partial charge < -0.3 is 16.0 Å². The second kappa shape index (κ2) is 12.8. The van der Waals surface area contributed by atoms with E-state index in [9.17, 15) is 9.59 Å². The number of nitrogens with one attached hydrogen (secondary N) is 1. The van der Waals surface area contributed by atoms with Gasteiger partial charge in [-0.05, 0) is 86.8 Å². The molecule has 1 aromatic heterocycles. The Morgan fingerprint density at radius 3 is 2.33 bits per heavy atom. The van der Waals surface area contributed by atoms with Crippen LogP contribution in [0.4, 0.5) is 0 Å². The Hall–Kier alpha value is -2.45. The zero-order valence-electron chi connectivity index (χ0n) is 22.9. The average molecular weight is 555 g/mol. The van der Waals surface area contributed by atoms with Crippen molar-refractivity contribution in [1.29, 1.82) is 0 Å². The lowest BCUT2D eigenvalue weighted by Gasteiger charge is -2.48. The van der Waals surface area contributed by atoms with Gasteiger partial charge in [-0.3, -0.25) is 14.3 Å². The van der Waals surface area contributed by atoms with Crippen LogP contribution >= 0.6 is 11.6 Å². The lowest BCUT2D eigenvalue weighted by Crippen LogP contribution is -2.55. The molecule has 3 aliphatic rings. The molecule has 0 bridgehead atoms. The second-order valence-corrected chi connectivity index (χ2v) is 12.6. The van der Waals surface area contributed by atoms with Crippen LogP contribution in [0.3, 0.4) is 0 Å². The number of likely N-dealkylation sites (tertiary alicyclic amines) is 1. The predicted molar refractivity (Wildman–Crippen MR) is 152 cm³/mol. The van der Waals surface area contributed by atoms with Gasteiger partial charge >= 0.3 is 0 Å². The van der Waals surface area contributed by atoms with Gasteiger partial charge in [-0.25, -0.2) is 4.98 Å². The normalized spacial score (nSPS) is 24.8. The summed E-state index contributed by atoms with van der Waals surface area (Å²) in [6, 6.07) is 7.70. The van der Waals surface area contributed by atoms with E-state index in [0.717, 1.165) is 63.7 Å². The Bertz CT molecular complexity index is 1070. The number of carbonyl (C=O) groups excluding carboxylic acids is 2.